The van der Waals surface area contributed by atoms with E-state index in [1.807, 2.05) is 61.5 Å². The highest BCUT2D eigenvalue weighted by Gasteiger charge is 2.41. The largest absolute Gasteiger partial charge is 0.469 e. The van der Waals surface area contributed by atoms with E-state index in [4.69, 9.17) is 14.2 Å². The molecular weight excluding hydrogens is 632 g/mol. The van der Waals surface area contributed by atoms with E-state index >= 15 is 0 Å². The van der Waals surface area contributed by atoms with Crippen molar-refractivity contribution in [3.8, 4) is 11.1 Å². The number of ether oxygens (including phenoxy) is 3. The Bertz CT molecular complexity index is 1410. The summed E-state index contributed by atoms with van der Waals surface area (Å²) in [5.74, 6) is -2.83. The smallest absolute Gasteiger partial charge is 0.411 e. The Kier molecular flexibility index (Phi) is 14.4. The van der Waals surface area contributed by atoms with Gasteiger partial charge in [-0.15, -0.1) is 0 Å². The van der Waals surface area contributed by atoms with E-state index in [1.165, 1.54) is 24.0 Å². The first-order valence-corrected chi connectivity index (χ1v) is 16.6. The Labute approximate surface area is 288 Å². The maximum Gasteiger partial charge on any atom is 0.411 e. The second-order valence-corrected chi connectivity index (χ2v) is 13.1. The fourth-order valence-electron chi connectivity index (χ4n) is 5.48. The van der Waals surface area contributed by atoms with Crippen molar-refractivity contribution in [1.82, 2.24) is 20.4 Å². The van der Waals surface area contributed by atoms with Crippen LogP contribution in [0.1, 0.15) is 52.5 Å². The van der Waals surface area contributed by atoms with Gasteiger partial charge in [-0.05, 0) is 43.9 Å². The van der Waals surface area contributed by atoms with Gasteiger partial charge in [0.05, 0.1) is 32.8 Å². The van der Waals surface area contributed by atoms with Gasteiger partial charge >= 0.3 is 24.1 Å². The van der Waals surface area contributed by atoms with Gasteiger partial charge in [0.2, 0.25) is 5.91 Å². The Balaban J connectivity index is 1.71. The third kappa shape index (κ3) is 11.8. The van der Waals surface area contributed by atoms with Crippen molar-refractivity contribution in [3.05, 3.63) is 60.2 Å². The quantitative estimate of drug-likeness (QED) is 0.200. The molecule has 1 fully saturated rings. The molecule has 4 amide bonds. The highest BCUT2D eigenvalue weighted by Crippen LogP contribution is 2.22. The summed E-state index contributed by atoms with van der Waals surface area (Å²) in [5, 5.41) is 15.7. The van der Waals surface area contributed by atoms with Crippen LogP contribution in [-0.2, 0) is 35.0 Å². The number of carbonyl (C=O) groups excluding carboxylic acids is 5. The molecule has 13 heteroatoms. The van der Waals surface area contributed by atoms with E-state index in [1.54, 1.807) is 20.8 Å². The predicted molar refractivity (Wildman–Crippen MR) is 182 cm³/mol. The lowest BCUT2D eigenvalue weighted by molar-refractivity contribution is -0.146. The SMILES string of the molecule is CCCCN(C[C@@H](CNC(=O)[C@@H]1C[C@@H](O)CN1C(=O)OC(C)(C)C)C(=O)OC)C(=O)N[C@@H](Cc1ccc(-c2ccccc2)cc1)C(=O)OC. The number of hydrogen-bond acceptors (Lipinski definition) is 9. The number of rotatable bonds is 14. The van der Waals surface area contributed by atoms with E-state index < -0.39 is 59.7 Å². The zero-order valence-electron chi connectivity index (χ0n) is 29.3. The minimum absolute atomic E-state index is 0.00287. The molecular formula is C36H50N4O9. The summed E-state index contributed by atoms with van der Waals surface area (Å²) in [4.78, 5) is 67.9. The predicted octanol–water partition coefficient (Wildman–Crippen LogP) is 3.53. The lowest BCUT2D eigenvalue weighted by atomic mass is 10.0. The number of nitrogens with one attached hydrogen (secondary N) is 2. The first-order valence-electron chi connectivity index (χ1n) is 16.6. The van der Waals surface area contributed by atoms with Crippen molar-refractivity contribution >= 4 is 30.0 Å². The average Bonchev–Trinajstić information content (AvgIpc) is 3.48. The molecule has 4 atom stereocenters. The molecule has 3 N–H and O–H groups in total. The molecule has 0 radical (unpaired) electrons. The Morgan fingerprint density at radius 2 is 1.59 bits per heavy atom. The number of esters is 2. The molecule has 0 saturated carbocycles. The van der Waals surface area contributed by atoms with Crippen LogP contribution in [-0.4, -0.2) is 109 Å². The number of unbranched alkanes of at least 4 members (excludes halogenated alkanes) is 1. The second kappa shape index (κ2) is 18.2. The number of urea groups is 1. The summed E-state index contributed by atoms with van der Waals surface area (Å²) in [7, 11) is 2.46. The van der Waals surface area contributed by atoms with Crippen LogP contribution in [0.25, 0.3) is 11.1 Å². The highest BCUT2D eigenvalue weighted by molar-refractivity contribution is 5.87. The Hall–Kier alpha value is -4.65. The lowest BCUT2D eigenvalue weighted by Crippen LogP contribution is -2.53. The summed E-state index contributed by atoms with van der Waals surface area (Å²) in [6.07, 6.45) is -0.110. The van der Waals surface area contributed by atoms with Gasteiger partial charge in [0.15, 0.2) is 0 Å². The van der Waals surface area contributed by atoms with Gasteiger partial charge in [-0.1, -0.05) is 67.9 Å². The van der Waals surface area contributed by atoms with Crippen molar-refractivity contribution in [2.75, 3.05) is 40.4 Å². The van der Waals surface area contributed by atoms with Crippen LogP contribution in [0.5, 0.6) is 0 Å². The second-order valence-electron chi connectivity index (χ2n) is 13.1. The van der Waals surface area contributed by atoms with Gasteiger partial charge in [0, 0.05) is 32.5 Å². The Morgan fingerprint density at radius 3 is 2.18 bits per heavy atom. The van der Waals surface area contributed by atoms with Crippen LogP contribution in [0.3, 0.4) is 0 Å². The molecule has 0 aliphatic carbocycles. The Morgan fingerprint density at radius 1 is 0.959 bits per heavy atom. The van der Waals surface area contributed by atoms with E-state index in [0.29, 0.717) is 6.42 Å². The van der Waals surface area contributed by atoms with Gasteiger partial charge in [-0.3, -0.25) is 14.5 Å². The lowest BCUT2D eigenvalue weighted by Gasteiger charge is -2.30. The third-order valence-corrected chi connectivity index (χ3v) is 8.06. The molecule has 0 aromatic heterocycles. The van der Waals surface area contributed by atoms with Gasteiger partial charge in [0.25, 0.3) is 0 Å². The van der Waals surface area contributed by atoms with Crippen LogP contribution < -0.4 is 10.6 Å². The monoisotopic (exact) mass is 682 g/mol. The van der Waals surface area contributed by atoms with Crippen molar-refractivity contribution < 1.29 is 43.3 Å². The zero-order chi connectivity index (χ0) is 36.1. The molecule has 1 saturated heterocycles. The number of methoxy groups -OCH3 is 2. The van der Waals surface area contributed by atoms with Crippen LogP contribution in [0.4, 0.5) is 9.59 Å². The minimum Gasteiger partial charge on any atom is -0.469 e. The molecule has 3 rings (SSSR count). The molecule has 1 aliphatic heterocycles. The first kappa shape index (κ1) is 38.8. The number of likely N-dealkylation sites (tertiary alicyclic amines) is 1. The molecule has 2 aromatic rings. The summed E-state index contributed by atoms with van der Waals surface area (Å²) >= 11 is 0. The number of carbonyl (C=O) groups is 5. The molecule has 2 aromatic carbocycles. The number of β-amino-alcohol motifs (C(OH)–C–C–N with tert-alkyl or cyclic N) is 1. The number of benzene rings is 2. The molecule has 0 unspecified atom stereocenters. The van der Waals surface area contributed by atoms with E-state index in [2.05, 4.69) is 10.6 Å². The summed E-state index contributed by atoms with van der Waals surface area (Å²) in [6, 6.07) is 14.9. The molecule has 1 heterocycles. The van der Waals surface area contributed by atoms with Crippen LogP contribution >= 0.6 is 0 Å². The maximum absolute atomic E-state index is 13.7. The maximum atomic E-state index is 13.7. The van der Waals surface area contributed by atoms with Crippen molar-refractivity contribution in [2.45, 2.75) is 77.2 Å². The number of aliphatic hydroxyl groups is 1. The van der Waals surface area contributed by atoms with Crippen LogP contribution in [0, 0.1) is 5.92 Å². The fourth-order valence-corrected chi connectivity index (χ4v) is 5.48. The first-order chi connectivity index (χ1) is 23.3. The van der Waals surface area contributed by atoms with Gasteiger partial charge in [-0.2, -0.15) is 0 Å². The minimum atomic E-state index is -1.01. The van der Waals surface area contributed by atoms with Gasteiger partial charge in [0.1, 0.15) is 17.7 Å². The van der Waals surface area contributed by atoms with Crippen molar-refractivity contribution in [2.24, 2.45) is 5.92 Å². The van der Waals surface area contributed by atoms with Crippen molar-refractivity contribution in [3.63, 3.8) is 0 Å². The van der Waals surface area contributed by atoms with Crippen LogP contribution in [0.2, 0.25) is 0 Å². The number of nitrogens with zero attached hydrogens (tertiary/aromatic N) is 2. The normalized spacial score (nSPS) is 17.0. The number of hydrogen-bond donors (Lipinski definition) is 3. The summed E-state index contributed by atoms with van der Waals surface area (Å²) in [5.41, 5.74) is 2.07. The molecule has 13 nitrogen and oxygen atoms in total. The van der Waals surface area contributed by atoms with Crippen molar-refractivity contribution in [1.29, 1.82) is 0 Å². The fraction of sp³-hybridized carbons (Fsp3) is 0.528. The van der Waals surface area contributed by atoms with E-state index in [9.17, 15) is 29.1 Å². The molecule has 0 spiro atoms. The number of aliphatic hydroxyl groups excluding tert-OH is 1. The molecule has 0 bridgehead atoms. The van der Waals surface area contributed by atoms with E-state index in [-0.39, 0.29) is 39.0 Å². The molecule has 1 aliphatic rings. The van der Waals surface area contributed by atoms with Gasteiger partial charge < -0.3 is 34.9 Å². The topological polar surface area (TPSA) is 164 Å². The average molecular weight is 683 g/mol. The highest BCUT2D eigenvalue weighted by atomic mass is 16.6. The molecule has 49 heavy (non-hydrogen) atoms. The zero-order valence-corrected chi connectivity index (χ0v) is 29.3. The van der Waals surface area contributed by atoms with E-state index in [0.717, 1.165) is 23.1 Å². The molecule has 268 valence electrons. The van der Waals surface area contributed by atoms with Gasteiger partial charge in [-0.25, -0.2) is 14.4 Å². The third-order valence-electron chi connectivity index (χ3n) is 8.06. The summed E-state index contributed by atoms with van der Waals surface area (Å²) in [6.45, 7) is 6.92. The van der Waals surface area contributed by atoms with Crippen LogP contribution in [0.15, 0.2) is 54.6 Å². The number of amides is 4. The summed E-state index contributed by atoms with van der Waals surface area (Å²) < 4.78 is 15.4. The standard InChI is InChI=1S/C36H50N4O9/c1-7-8-18-39(34(45)38-29(33(44)48-6)19-24-14-16-26(17-15-24)25-12-10-9-11-13-25)22-27(32(43)47-5)21-37-31(42)30-20-28(41)23-40(30)35(46)49-36(2,3)4/h9-17,27-30,41H,7-8,18-23H2,1-6H3,(H,37,42)(H,38,45)/t27-,28-,29+,30+/m1/s1.